The van der Waals surface area contributed by atoms with Crippen LogP contribution in [0, 0.1) is 0 Å². The first-order valence-corrected chi connectivity index (χ1v) is 8.08. The van der Waals surface area contributed by atoms with Gasteiger partial charge in [0, 0.05) is 11.8 Å². The molecule has 1 nitrogen and oxygen atoms in total. The molecule has 3 aromatic carbocycles. The zero-order valence-electron chi connectivity index (χ0n) is 13.3. The lowest BCUT2D eigenvalue weighted by Gasteiger charge is -2.11. The molecule has 0 saturated heterocycles. The minimum absolute atomic E-state index is 0.998. The van der Waals surface area contributed by atoms with Crippen LogP contribution in [0.2, 0.25) is 0 Å². The molecule has 0 amide bonds. The molecule has 4 aromatic rings. The summed E-state index contributed by atoms with van der Waals surface area (Å²) < 4.78 is 0. The van der Waals surface area contributed by atoms with Crippen molar-refractivity contribution in [3.63, 3.8) is 0 Å². The Morgan fingerprint density at radius 3 is 1.92 bits per heavy atom. The Hall–Kier alpha value is -3.19. The van der Waals surface area contributed by atoms with E-state index in [1.165, 1.54) is 22.3 Å². The maximum Gasteiger partial charge on any atom is 0.0708 e. The molecule has 0 radical (unpaired) electrons. The smallest absolute Gasteiger partial charge is 0.0708 e. The molecule has 0 bridgehead atoms. The summed E-state index contributed by atoms with van der Waals surface area (Å²) in [6, 6.07) is 33.6. The van der Waals surface area contributed by atoms with E-state index in [-0.39, 0.29) is 0 Å². The van der Waals surface area contributed by atoms with Crippen LogP contribution in [0.5, 0.6) is 0 Å². The molecule has 0 N–H and O–H groups in total. The lowest BCUT2D eigenvalue weighted by Crippen LogP contribution is -1.88. The normalized spacial score (nSPS) is 10.5. The molecule has 0 fully saturated rings. The first-order chi connectivity index (χ1) is 11.9. The van der Waals surface area contributed by atoms with Crippen LogP contribution in [0.4, 0.5) is 0 Å². The van der Waals surface area contributed by atoms with Gasteiger partial charge in [-0.2, -0.15) is 0 Å². The third-order valence-electron chi connectivity index (χ3n) is 4.15. The maximum absolute atomic E-state index is 4.52. The summed E-state index contributed by atoms with van der Waals surface area (Å²) in [4.78, 5) is 4.52. The highest BCUT2D eigenvalue weighted by Crippen LogP contribution is 2.33. The molecule has 1 heterocycles. The van der Waals surface area contributed by atoms with Crippen molar-refractivity contribution in [2.24, 2.45) is 0 Å². The Morgan fingerprint density at radius 2 is 1.12 bits per heavy atom. The van der Waals surface area contributed by atoms with Crippen molar-refractivity contribution in [3.05, 3.63) is 103 Å². The maximum atomic E-state index is 4.52. The van der Waals surface area contributed by atoms with Gasteiger partial charge in [-0.15, -0.1) is 0 Å². The highest BCUT2D eigenvalue weighted by molar-refractivity contribution is 5.84. The predicted molar refractivity (Wildman–Crippen MR) is 101 cm³/mol. The molecular weight excluding hydrogens is 290 g/mol. The third-order valence-corrected chi connectivity index (χ3v) is 4.15. The zero-order valence-corrected chi connectivity index (χ0v) is 13.3. The van der Waals surface area contributed by atoms with Gasteiger partial charge >= 0.3 is 0 Å². The van der Waals surface area contributed by atoms with Crippen LogP contribution >= 0.6 is 0 Å². The Labute approximate surface area is 142 Å². The average Bonchev–Trinajstić information content (AvgIpc) is 2.69. The van der Waals surface area contributed by atoms with E-state index < -0.39 is 0 Å². The number of hydrogen-bond acceptors (Lipinski definition) is 1. The van der Waals surface area contributed by atoms with Gasteiger partial charge in [-0.05, 0) is 40.5 Å². The molecule has 1 aromatic heterocycles. The van der Waals surface area contributed by atoms with E-state index in [0.717, 1.165) is 11.3 Å². The number of rotatable bonds is 3. The molecule has 0 atom stereocenters. The summed E-state index contributed by atoms with van der Waals surface area (Å²) in [5.74, 6) is 0. The van der Waals surface area contributed by atoms with Crippen LogP contribution in [-0.2, 0) is 0 Å². The highest BCUT2D eigenvalue weighted by atomic mass is 14.7. The van der Waals surface area contributed by atoms with E-state index in [4.69, 9.17) is 0 Å². The molecule has 0 unspecified atom stereocenters. The number of benzene rings is 3. The van der Waals surface area contributed by atoms with E-state index in [9.17, 15) is 0 Å². The number of aromatic nitrogens is 1. The second-order valence-corrected chi connectivity index (χ2v) is 5.71. The van der Waals surface area contributed by atoms with Gasteiger partial charge < -0.3 is 0 Å². The summed E-state index contributed by atoms with van der Waals surface area (Å²) >= 11 is 0. The van der Waals surface area contributed by atoms with E-state index in [2.05, 4.69) is 83.8 Å². The molecular formula is C23H17N. The summed E-state index contributed by atoms with van der Waals surface area (Å²) in [6.07, 6.45) is 1.84. The van der Waals surface area contributed by atoms with Crippen LogP contribution in [-0.4, -0.2) is 4.98 Å². The van der Waals surface area contributed by atoms with Crippen LogP contribution in [0.3, 0.4) is 0 Å². The van der Waals surface area contributed by atoms with Gasteiger partial charge in [-0.1, -0.05) is 78.9 Å². The number of nitrogens with zero attached hydrogens (tertiary/aromatic N) is 1. The van der Waals surface area contributed by atoms with Crippen molar-refractivity contribution in [2.75, 3.05) is 0 Å². The number of hydrogen-bond donors (Lipinski definition) is 0. The molecule has 0 saturated carbocycles. The third kappa shape index (κ3) is 2.84. The van der Waals surface area contributed by atoms with Gasteiger partial charge in [0.15, 0.2) is 0 Å². The van der Waals surface area contributed by atoms with Gasteiger partial charge in [0.25, 0.3) is 0 Å². The van der Waals surface area contributed by atoms with Gasteiger partial charge in [0.05, 0.1) is 5.69 Å². The molecule has 0 aliphatic carbocycles. The van der Waals surface area contributed by atoms with Crippen LogP contribution in [0.15, 0.2) is 103 Å². The van der Waals surface area contributed by atoms with Crippen molar-refractivity contribution in [2.45, 2.75) is 0 Å². The predicted octanol–water partition coefficient (Wildman–Crippen LogP) is 6.08. The fraction of sp³-hybridized carbons (Fsp3) is 0. The standard InChI is InChI=1S/C23H17N/c1-2-9-18(10-3-1)19-11-8-12-20(17-19)21-13-4-5-14-22(21)23-15-6-7-16-24-23/h1-17H. The minimum atomic E-state index is 0.998. The van der Waals surface area contributed by atoms with Crippen molar-refractivity contribution in [1.82, 2.24) is 4.98 Å². The fourth-order valence-corrected chi connectivity index (χ4v) is 2.98. The lowest BCUT2D eigenvalue weighted by molar-refractivity contribution is 1.33. The summed E-state index contributed by atoms with van der Waals surface area (Å²) in [5, 5.41) is 0. The topological polar surface area (TPSA) is 12.9 Å². The van der Waals surface area contributed by atoms with Gasteiger partial charge in [-0.25, -0.2) is 0 Å². The van der Waals surface area contributed by atoms with E-state index in [1.807, 2.05) is 24.4 Å². The molecule has 0 aliphatic heterocycles. The van der Waals surface area contributed by atoms with E-state index in [1.54, 1.807) is 0 Å². The lowest BCUT2D eigenvalue weighted by atomic mass is 9.94. The number of pyridine rings is 1. The second kappa shape index (κ2) is 6.51. The highest BCUT2D eigenvalue weighted by Gasteiger charge is 2.08. The van der Waals surface area contributed by atoms with E-state index >= 15 is 0 Å². The van der Waals surface area contributed by atoms with Crippen molar-refractivity contribution >= 4 is 0 Å². The first-order valence-electron chi connectivity index (χ1n) is 8.08. The molecule has 0 spiro atoms. The van der Waals surface area contributed by atoms with Crippen molar-refractivity contribution in [3.8, 4) is 33.5 Å². The largest absolute Gasteiger partial charge is 0.256 e. The fourth-order valence-electron chi connectivity index (χ4n) is 2.98. The second-order valence-electron chi connectivity index (χ2n) is 5.71. The summed E-state index contributed by atoms with van der Waals surface area (Å²) in [7, 11) is 0. The van der Waals surface area contributed by atoms with Crippen LogP contribution in [0.25, 0.3) is 33.5 Å². The Morgan fingerprint density at radius 1 is 0.458 bits per heavy atom. The summed E-state index contributed by atoms with van der Waals surface area (Å²) in [5.41, 5.74) is 7.02. The minimum Gasteiger partial charge on any atom is -0.256 e. The van der Waals surface area contributed by atoms with Crippen LogP contribution < -0.4 is 0 Å². The molecule has 114 valence electrons. The Bertz CT molecular complexity index is 944. The Balaban J connectivity index is 1.84. The summed E-state index contributed by atoms with van der Waals surface area (Å²) in [6.45, 7) is 0. The molecule has 1 heteroatoms. The average molecular weight is 307 g/mol. The van der Waals surface area contributed by atoms with Crippen molar-refractivity contribution in [1.29, 1.82) is 0 Å². The first kappa shape index (κ1) is 14.4. The zero-order chi connectivity index (χ0) is 16.2. The molecule has 24 heavy (non-hydrogen) atoms. The van der Waals surface area contributed by atoms with Gasteiger partial charge in [-0.3, -0.25) is 4.98 Å². The Kier molecular flexibility index (Phi) is 3.91. The molecule has 4 rings (SSSR count). The molecule has 0 aliphatic rings. The van der Waals surface area contributed by atoms with Gasteiger partial charge in [0.2, 0.25) is 0 Å². The van der Waals surface area contributed by atoms with E-state index in [0.29, 0.717) is 0 Å². The monoisotopic (exact) mass is 307 g/mol. The van der Waals surface area contributed by atoms with Crippen LogP contribution in [0.1, 0.15) is 0 Å². The van der Waals surface area contributed by atoms with Crippen molar-refractivity contribution < 1.29 is 0 Å². The SMILES string of the molecule is c1ccc(-c2cccc(-c3ccccc3-c3ccccn3)c2)cc1. The van der Waals surface area contributed by atoms with Gasteiger partial charge in [0.1, 0.15) is 0 Å². The quantitative estimate of drug-likeness (QED) is 0.447.